The Balaban J connectivity index is 2.00. The number of hydrogen-bond donors (Lipinski definition) is 1. The Morgan fingerprint density at radius 2 is 2.28 bits per heavy atom. The number of aryl methyl sites for hydroxylation is 2. The van der Waals surface area contributed by atoms with E-state index >= 15 is 0 Å². The highest BCUT2D eigenvalue weighted by molar-refractivity contribution is 7.99. The lowest BCUT2D eigenvalue weighted by atomic mass is 10.5. The van der Waals surface area contributed by atoms with Crippen molar-refractivity contribution in [2.45, 2.75) is 30.5 Å². The second-order valence-electron chi connectivity index (χ2n) is 3.73. The van der Waals surface area contributed by atoms with Crippen LogP contribution in [0.15, 0.2) is 22.6 Å². The molecule has 7 nitrogen and oxygen atoms in total. The van der Waals surface area contributed by atoms with Gasteiger partial charge in [-0.3, -0.25) is 5.10 Å². The molecule has 0 saturated carbocycles. The zero-order valence-electron chi connectivity index (χ0n) is 9.95. The first-order chi connectivity index (χ1) is 8.76. The summed E-state index contributed by atoms with van der Waals surface area (Å²) >= 11 is 1.44. The molecule has 0 spiro atoms. The summed E-state index contributed by atoms with van der Waals surface area (Å²) in [5, 5.41) is 12.8. The van der Waals surface area contributed by atoms with Gasteiger partial charge in [-0.15, -0.1) is 5.10 Å². The minimum absolute atomic E-state index is 0.587. The average Bonchev–Trinajstić information content (AvgIpc) is 2.97. The highest BCUT2D eigenvalue weighted by atomic mass is 32.2. The summed E-state index contributed by atoms with van der Waals surface area (Å²) in [5.74, 6) is 1.46. The SMILES string of the molecule is CCc1nc(Sc2cc(C)nc3ncnn23)n[nH]1. The first-order valence-electron chi connectivity index (χ1n) is 5.53. The second kappa shape index (κ2) is 4.37. The molecule has 0 radical (unpaired) electrons. The van der Waals surface area contributed by atoms with Crippen LogP contribution in [0.25, 0.3) is 5.78 Å². The van der Waals surface area contributed by atoms with Crippen molar-refractivity contribution in [2.75, 3.05) is 0 Å². The van der Waals surface area contributed by atoms with Gasteiger partial charge in [0.05, 0.1) is 0 Å². The first kappa shape index (κ1) is 11.1. The summed E-state index contributed by atoms with van der Waals surface area (Å²) in [5.41, 5.74) is 0.893. The molecule has 3 rings (SSSR count). The topological polar surface area (TPSA) is 84.7 Å². The van der Waals surface area contributed by atoms with Gasteiger partial charge < -0.3 is 0 Å². The number of fused-ring (bicyclic) bond motifs is 1. The normalized spacial score (nSPS) is 11.2. The summed E-state index contributed by atoms with van der Waals surface area (Å²) < 4.78 is 1.68. The predicted molar refractivity (Wildman–Crippen MR) is 65.4 cm³/mol. The molecule has 0 aliphatic rings. The Morgan fingerprint density at radius 1 is 1.39 bits per heavy atom. The molecule has 3 aromatic heterocycles. The monoisotopic (exact) mass is 261 g/mol. The van der Waals surface area contributed by atoms with Crippen LogP contribution in [0, 0.1) is 6.92 Å². The fourth-order valence-corrected chi connectivity index (χ4v) is 2.42. The standard InChI is InChI=1S/C10H11N7S/c1-3-7-14-10(16-15-7)18-8-4-6(2)13-9-11-5-12-17(8)9/h4-5H,3H2,1-2H3,(H,14,15,16). The molecule has 0 atom stereocenters. The number of hydrogen-bond acceptors (Lipinski definition) is 6. The Hall–Kier alpha value is -1.96. The zero-order valence-corrected chi connectivity index (χ0v) is 10.8. The predicted octanol–water partition coefficient (Wildman–Crippen LogP) is 1.26. The van der Waals surface area contributed by atoms with Crippen LogP contribution in [0.2, 0.25) is 0 Å². The van der Waals surface area contributed by atoms with Crippen LogP contribution in [0.4, 0.5) is 0 Å². The summed E-state index contributed by atoms with van der Waals surface area (Å²) in [7, 11) is 0. The number of rotatable bonds is 3. The summed E-state index contributed by atoms with van der Waals surface area (Å²) in [6, 6.07) is 1.94. The van der Waals surface area contributed by atoms with Crippen molar-refractivity contribution in [2.24, 2.45) is 0 Å². The van der Waals surface area contributed by atoms with Gasteiger partial charge in [-0.05, 0) is 24.8 Å². The number of nitrogens with zero attached hydrogens (tertiary/aromatic N) is 6. The third kappa shape index (κ3) is 1.94. The van der Waals surface area contributed by atoms with Crippen LogP contribution in [-0.2, 0) is 6.42 Å². The third-order valence-corrected chi connectivity index (χ3v) is 3.25. The average molecular weight is 261 g/mol. The van der Waals surface area contributed by atoms with E-state index < -0.39 is 0 Å². The maximum absolute atomic E-state index is 4.36. The molecular weight excluding hydrogens is 250 g/mol. The fraction of sp³-hybridized carbons (Fsp3) is 0.300. The van der Waals surface area contributed by atoms with E-state index in [0.717, 1.165) is 23.0 Å². The van der Waals surface area contributed by atoms with Gasteiger partial charge in [0.15, 0.2) is 0 Å². The molecule has 3 heterocycles. The van der Waals surface area contributed by atoms with Crippen molar-refractivity contribution < 1.29 is 0 Å². The number of H-pyrrole nitrogens is 1. The lowest BCUT2D eigenvalue weighted by Gasteiger charge is -2.01. The molecule has 0 amide bonds. The number of aromatic amines is 1. The lowest BCUT2D eigenvalue weighted by Crippen LogP contribution is -1.97. The molecule has 92 valence electrons. The Bertz CT molecular complexity index is 686. The molecule has 8 heteroatoms. The van der Waals surface area contributed by atoms with Crippen LogP contribution in [0.1, 0.15) is 18.4 Å². The maximum Gasteiger partial charge on any atom is 0.253 e. The van der Waals surface area contributed by atoms with Gasteiger partial charge >= 0.3 is 0 Å². The van der Waals surface area contributed by atoms with Crippen molar-refractivity contribution in [3.63, 3.8) is 0 Å². The van der Waals surface area contributed by atoms with Crippen LogP contribution >= 0.6 is 11.8 Å². The molecule has 0 aliphatic heterocycles. The molecule has 0 bridgehead atoms. The van der Waals surface area contributed by atoms with Gasteiger partial charge in [-0.2, -0.15) is 14.6 Å². The largest absolute Gasteiger partial charge is 0.262 e. The quantitative estimate of drug-likeness (QED) is 0.714. The van der Waals surface area contributed by atoms with Crippen LogP contribution in [0.3, 0.4) is 0 Å². The summed E-state index contributed by atoms with van der Waals surface area (Å²) in [6.07, 6.45) is 2.32. The van der Waals surface area contributed by atoms with E-state index in [-0.39, 0.29) is 0 Å². The second-order valence-corrected chi connectivity index (χ2v) is 4.72. The van der Waals surface area contributed by atoms with E-state index in [2.05, 4.69) is 30.2 Å². The van der Waals surface area contributed by atoms with Crippen LogP contribution in [-0.4, -0.2) is 34.8 Å². The Morgan fingerprint density at radius 3 is 3.06 bits per heavy atom. The van der Waals surface area contributed by atoms with E-state index in [9.17, 15) is 0 Å². The molecule has 18 heavy (non-hydrogen) atoms. The third-order valence-electron chi connectivity index (χ3n) is 2.39. The molecule has 0 fully saturated rings. The van der Waals surface area contributed by atoms with Crippen molar-refractivity contribution in [1.29, 1.82) is 0 Å². The fourth-order valence-electron chi connectivity index (χ4n) is 1.54. The molecule has 0 unspecified atom stereocenters. The number of nitrogens with one attached hydrogen (secondary N) is 1. The summed E-state index contributed by atoms with van der Waals surface area (Å²) in [6.45, 7) is 3.95. The van der Waals surface area contributed by atoms with Crippen molar-refractivity contribution in [1.82, 2.24) is 34.8 Å². The first-order valence-corrected chi connectivity index (χ1v) is 6.34. The molecule has 3 aromatic rings. The Labute approximate surface area is 107 Å². The highest BCUT2D eigenvalue weighted by Crippen LogP contribution is 2.24. The van der Waals surface area contributed by atoms with E-state index in [0.29, 0.717) is 10.9 Å². The minimum Gasteiger partial charge on any atom is -0.262 e. The van der Waals surface area contributed by atoms with Crippen molar-refractivity contribution in [3.05, 3.63) is 23.9 Å². The van der Waals surface area contributed by atoms with Gasteiger partial charge in [0.25, 0.3) is 5.78 Å². The van der Waals surface area contributed by atoms with Gasteiger partial charge in [-0.25, -0.2) is 9.97 Å². The zero-order chi connectivity index (χ0) is 12.5. The molecule has 0 saturated heterocycles. The minimum atomic E-state index is 0.587. The van der Waals surface area contributed by atoms with Crippen LogP contribution < -0.4 is 0 Å². The molecule has 1 N–H and O–H groups in total. The molecular formula is C10H11N7S. The smallest absolute Gasteiger partial charge is 0.253 e. The van der Waals surface area contributed by atoms with E-state index in [1.807, 2.05) is 19.9 Å². The van der Waals surface area contributed by atoms with Gasteiger partial charge in [-0.1, -0.05) is 6.92 Å². The van der Waals surface area contributed by atoms with E-state index in [1.54, 1.807) is 4.52 Å². The van der Waals surface area contributed by atoms with Crippen molar-refractivity contribution >= 4 is 17.5 Å². The van der Waals surface area contributed by atoms with E-state index in [1.165, 1.54) is 18.1 Å². The van der Waals surface area contributed by atoms with Crippen molar-refractivity contribution in [3.8, 4) is 0 Å². The molecule has 0 aliphatic carbocycles. The highest BCUT2D eigenvalue weighted by Gasteiger charge is 2.10. The van der Waals surface area contributed by atoms with Crippen LogP contribution in [0.5, 0.6) is 0 Å². The van der Waals surface area contributed by atoms with Gasteiger partial charge in [0.1, 0.15) is 17.2 Å². The number of aromatic nitrogens is 7. The Kier molecular flexibility index (Phi) is 2.71. The lowest BCUT2D eigenvalue weighted by molar-refractivity contribution is 0.829. The maximum atomic E-state index is 4.36. The van der Waals surface area contributed by atoms with E-state index in [4.69, 9.17) is 0 Å². The molecule has 0 aromatic carbocycles. The summed E-state index contributed by atoms with van der Waals surface area (Å²) in [4.78, 5) is 12.7. The van der Waals surface area contributed by atoms with Gasteiger partial charge in [0, 0.05) is 12.1 Å². The van der Waals surface area contributed by atoms with Gasteiger partial charge in [0.2, 0.25) is 5.16 Å².